The zero-order chi connectivity index (χ0) is 20.9. The molecule has 1 aliphatic heterocycles. The van der Waals surface area contributed by atoms with Crippen LogP contribution in [-0.4, -0.2) is 71.4 Å². The van der Waals surface area contributed by atoms with Crippen LogP contribution in [0.3, 0.4) is 0 Å². The van der Waals surface area contributed by atoms with Gasteiger partial charge in [0.25, 0.3) is 0 Å². The lowest BCUT2D eigenvalue weighted by Crippen LogP contribution is -2.57. The zero-order valence-corrected chi connectivity index (χ0v) is 16.7. The fourth-order valence-corrected chi connectivity index (χ4v) is 2.84. The van der Waals surface area contributed by atoms with Crippen LogP contribution in [0, 0.1) is 0 Å². The number of likely N-dealkylation sites (N-methyl/N-ethyl adjacent to an activating group) is 1. The van der Waals surface area contributed by atoms with Gasteiger partial charge in [0.1, 0.15) is 17.7 Å². The topological polar surface area (TPSA) is 122 Å². The molecule has 0 aromatic heterocycles. The average molecular weight is 382 g/mol. The summed E-state index contributed by atoms with van der Waals surface area (Å²) in [5.74, 6) is -1.43. The van der Waals surface area contributed by atoms with Gasteiger partial charge in [0.05, 0.1) is 6.54 Å². The van der Waals surface area contributed by atoms with Gasteiger partial charge in [0, 0.05) is 19.2 Å². The molecule has 0 bridgehead atoms. The van der Waals surface area contributed by atoms with Crippen LogP contribution in [-0.2, 0) is 19.1 Å². The Morgan fingerprint density at radius 3 is 2.41 bits per heavy atom. The van der Waals surface area contributed by atoms with Crippen molar-refractivity contribution in [1.29, 1.82) is 0 Å². The summed E-state index contributed by atoms with van der Waals surface area (Å²) in [4.78, 5) is 51.5. The summed E-state index contributed by atoms with van der Waals surface area (Å²) < 4.78 is 5.21. The first-order valence-corrected chi connectivity index (χ1v) is 8.83. The van der Waals surface area contributed by atoms with Gasteiger partial charge in [-0.25, -0.2) is 4.79 Å². The van der Waals surface area contributed by atoms with E-state index in [0.29, 0.717) is 25.0 Å². The molecule has 1 saturated heterocycles. The summed E-state index contributed by atoms with van der Waals surface area (Å²) in [5.41, 5.74) is 4.93. The number of ether oxygens (including phenoxy) is 1. The number of nitrogens with two attached hydrogens (primary N) is 1. The van der Waals surface area contributed by atoms with E-state index in [1.54, 1.807) is 27.7 Å². The highest BCUT2D eigenvalue weighted by Crippen LogP contribution is 2.18. The van der Waals surface area contributed by atoms with Gasteiger partial charge in [-0.2, -0.15) is 0 Å². The molecule has 1 aliphatic rings. The van der Waals surface area contributed by atoms with Crippen molar-refractivity contribution in [1.82, 2.24) is 15.1 Å². The number of alkyl carbamates (subject to hydrolysis) is 1. The highest BCUT2D eigenvalue weighted by molar-refractivity contribution is 5.94. The van der Waals surface area contributed by atoms with Gasteiger partial charge in [-0.3, -0.25) is 14.4 Å². The summed E-state index contributed by atoms with van der Waals surface area (Å²) in [5, 5.41) is 2.51. The quantitative estimate of drug-likeness (QED) is 0.644. The summed E-state index contributed by atoms with van der Waals surface area (Å²) >= 11 is 0. The zero-order valence-electron chi connectivity index (χ0n) is 16.7. The molecule has 4 amide bonds. The van der Waals surface area contributed by atoms with Crippen LogP contribution >= 0.6 is 0 Å². The van der Waals surface area contributed by atoms with E-state index in [-0.39, 0.29) is 12.5 Å². The Bertz CT molecular complexity index is 626. The van der Waals surface area contributed by atoms with E-state index < -0.39 is 35.6 Å². The molecule has 0 saturated carbocycles. The number of nitrogens with one attached hydrogen (secondary N) is 1. The summed E-state index contributed by atoms with van der Waals surface area (Å²) in [6, 6.07) is -1.80. The van der Waals surface area contributed by atoms with E-state index in [1.807, 2.05) is 0 Å². The molecule has 0 aliphatic carbocycles. The molecule has 152 valence electrons. The maximum Gasteiger partial charge on any atom is 0.408 e. The molecule has 3 N–H and O–H groups in total. The minimum atomic E-state index is -1.08. The van der Waals surface area contributed by atoms with E-state index in [9.17, 15) is 19.2 Å². The van der Waals surface area contributed by atoms with Crippen LogP contribution in [0.4, 0.5) is 4.79 Å². The van der Waals surface area contributed by atoms with Crippen molar-refractivity contribution in [3.63, 3.8) is 0 Å². The van der Waals surface area contributed by atoms with Gasteiger partial charge < -0.3 is 25.6 Å². The number of primary amides is 1. The number of nitrogens with zero attached hydrogens (tertiary/aromatic N) is 2. The van der Waals surface area contributed by atoms with E-state index >= 15 is 0 Å². The summed E-state index contributed by atoms with van der Waals surface area (Å²) in [6.45, 7) is 10.5. The summed E-state index contributed by atoms with van der Waals surface area (Å²) in [6.07, 6.45) is 0.326. The van der Waals surface area contributed by atoms with E-state index in [1.165, 1.54) is 16.8 Å². The third-order valence-corrected chi connectivity index (χ3v) is 4.02. The Balaban J connectivity index is 3.00. The molecule has 9 heteroatoms. The Hall–Kier alpha value is -2.58. The van der Waals surface area contributed by atoms with E-state index in [0.717, 1.165) is 0 Å². The molecule has 0 unspecified atom stereocenters. The van der Waals surface area contributed by atoms with Crippen LogP contribution < -0.4 is 11.1 Å². The molecule has 1 fully saturated rings. The predicted octanol–water partition coefficient (Wildman–Crippen LogP) is 0.391. The van der Waals surface area contributed by atoms with Crippen LogP contribution in [0.1, 0.15) is 40.5 Å². The van der Waals surface area contributed by atoms with Crippen molar-refractivity contribution in [3.05, 3.63) is 12.2 Å². The molecule has 0 spiro atoms. The molecular formula is C18H30N4O5. The third-order valence-electron chi connectivity index (χ3n) is 4.02. The van der Waals surface area contributed by atoms with E-state index in [2.05, 4.69) is 11.9 Å². The van der Waals surface area contributed by atoms with Crippen molar-refractivity contribution < 1.29 is 23.9 Å². The molecule has 1 rings (SSSR count). The van der Waals surface area contributed by atoms with Gasteiger partial charge in [-0.15, -0.1) is 0 Å². The van der Waals surface area contributed by atoms with Gasteiger partial charge in [-0.1, -0.05) is 6.58 Å². The number of carbonyl (C=O) groups excluding carboxylic acids is 4. The number of rotatable bonds is 6. The van der Waals surface area contributed by atoms with Crippen molar-refractivity contribution in [3.8, 4) is 0 Å². The molecule has 9 nitrogen and oxygen atoms in total. The summed E-state index contributed by atoms with van der Waals surface area (Å²) in [7, 11) is 1.50. The Labute approximate surface area is 159 Å². The smallest absolute Gasteiger partial charge is 0.408 e. The van der Waals surface area contributed by atoms with Crippen LogP contribution in [0.25, 0.3) is 0 Å². The molecule has 0 aromatic carbocycles. The normalized spacial score (nSPS) is 17.8. The van der Waals surface area contributed by atoms with Crippen molar-refractivity contribution in [2.24, 2.45) is 5.73 Å². The highest BCUT2D eigenvalue weighted by atomic mass is 16.6. The lowest BCUT2D eigenvalue weighted by Gasteiger charge is -2.31. The largest absolute Gasteiger partial charge is 0.444 e. The molecule has 1 heterocycles. The van der Waals surface area contributed by atoms with Crippen LogP contribution in [0.5, 0.6) is 0 Å². The minimum absolute atomic E-state index is 0.0915. The second-order valence-corrected chi connectivity index (χ2v) is 7.76. The number of amides is 4. The SMILES string of the molecule is C=C(C)C(=O)N(C)C[C@H](NC(=O)OC(C)(C)C)C(=O)N1CCC[C@H]1C(N)=O. The number of hydrogen-bond donors (Lipinski definition) is 2. The predicted molar refractivity (Wildman–Crippen MR) is 99.5 cm³/mol. The van der Waals surface area contributed by atoms with Gasteiger partial charge in [0.15, 0.2) is 0 Å². The first-order valence-electron chi connectivity index (χ1n) is 8.83. The van der Waals surface area contributed by atoms with Crippen LogP contribution in [0.15, 0.2) is 12.2 Å². The molecule has 2 atom stereocenters. The first kappa shape index (κ1) is 22.5. The number of hydrogen-bond acceptors (Lipinski definition) is 5. The number of carbonyl (C=O) groups is 4. The lowest BCUT2D eigenvalue weighted by molar-refractivity contribution is -0.140. The first-order chi connectivity index (χ1) is 12.3. The Morgan fingerprint density at radius 2 is 1.93 bits per heavy atom. The fourth-order valence-electron chi connectivity index (χ4n) is 2.84. The molecule has 27 heavy (non-hydrogen) atoms. The molecule has 0 radical (unpaired) electrons. The minimum Gasteiger partial charge on any atom is -0.444 e. The van der Waals surface area contributed by atoms with Crippen LogP contribution in [0.2, 0.25) is 0 Å². The van der Waals surface area contributed by atoms with Gasteiger partial charge in [0.2, 0.25) is 17.7 Å². The fraction of sp³-hybridized carbons (Fsp3) is 0.667. The van der Waals surface area contributed by atoms with Crippen molar-refractivity contribution in [2.45, 2.75) is 58.2 Å². The van der Waals surface area contributed by atoms with Gasteiger partial charge >= 0.3 is 6.09 Å². The Morgan fingerprint density at radius 1 is 1.33 bits per heavy atom. The maximum atomic E-state index is 13.0. The Kier molecular flexibility index (Phi) is 7.38. The maximum absolute atomic E-state index is 13.0. The standard InChI is InChI=1S/C18H30N4O5/c1-11(2)15(24)21(6)10-12(20-17(26)27-18(3,4)5)16(25)22-9-7-8-13(22)14(19)23/h12-13H,1,7-10H2,2-6H3,(H2,19,23)(H,20,26)/t12-,13-/m0/s1. The third kappa shape index (κ3) is 6.58. The monoisotopic (exact) mass is 382 g/mol. The average Bonchev–Trinajstić information content (AvgIpc) is 3.00. The van der Waals surface area contributed by atoms with Gasteiger partial charge in [-0.05, 0) is 40.5 Å². The molecule has 0 aromatic rings. The second kappa shape index (κ2) is 8.88. The second-order valence-electron chi connectivity index (χ2n) is 7.76. The number of likely N-dealkylation sites (tertiary alicyclic amines) is 1. The van der Waals surface area contributed by atoms with Crippen molar-refractivity contribution >= 4 is 23.8 Å². The van der Waals surface area contributed by atoms with Crippen molar-refractivity contribution in [2.75, 3.05) is 20.1 Å². The highest BCUT2D eigenvalue weighted by Gasteiger charge is 2.38. The van der Waals surface area contributed by atoms with E-state index in [4.69, 9.17) is 10.5 Å². The lowest BCUT2D eigenvalue weighted by atomic mass is 10.1. The molecular weight excluding hydrogens is 352 g/mol.